The highest BCUT2D eigenvalue weighted by molar-refractivity contribution is 5.05. The van der Waals surface area contributed by atoms with E-state index in [2.05, 4.69) is 10.8 Å². The molecule has 1 atom stereocenters. The highest BCUT2D eigenvalue weighted by Crippen LogP contribution is 2.10. The summed E-state index contributed by atoms with van der Waals surface area (Å²) in [5.41, 5.74) is 0. The Kier molecular flexibility index (Phi) is 8.00. The van der Waals surface area contributed by atoms with Crippen molar-refractivity contribution >= 4 is 0 Å². The number of aliphatic hydroxyl groups is 1. The molecule has 1 aromatic rings. The summed E-state index contributed by atoms with van der Waals surface area (Å²) in [6.45, 7) is 4.76. The van der Waals surface area contributed by atoms with Crippen LogP contribution in [0.15, 0.2) is 16.5 Å². The van der Waals surface area contributed by atoms with Crippen molar-refractivity contribution in [1.29, 1.82) is 0 Å². The van der Waals surface area contributed by atoms with Crippen molar-refractivity contribution < 1.29 is 19.0 Å². The van der Waals surface area contributed by atoms with Gasteiger partial charge in [-0.3, -0.25) is 4.90 Å². The summed E-state index contributed by atoms with van der Waals surface area (Å²) in [7, 11) is 1.65. The van der Waals surface area contributed by atoms with E-state index in [4.69, 9.17) is 20.3 Å². The average molecular weight is 281 g/mol. The molecule has 0 bridgehead atoms. The van der Waals surface area contributed by atoms with E-state index >= 15 is 0 Å². The molecule has 1 rings (SSSR count). The summed E-state index contributed by atoms with van der Waals surface area (Å²) in [4.78, 5) is 2.06. The summed E-state index contributed by atoms with van der Waals surface area (Å²) < 4.78 is 15.8. The number of rotatable bonds is 10. The first-order valence-corrected chi connectivity index (χ1v) is 6.61. The number of furan rings is 1. The molecule has 0 aromatic carbocycles. The molecule has 1 N–H and O–H groups in total. The average Bonchev–Trinajstić information content (AvgIpc) is 2.81. The minimum absolute atomic E-state index is 0.215. The molecule has 112 valence electrons. The summed E-state index contributed by atoms with van der Waals surface area (Å²) in [5.74, 6) is 4.12. The monoisotopic (exact) mass is 281 g/mol. The lowest BCUT2D eigenvalue weighted by Crippen LogP contribution is -2.36. The van der Waals surface area contributed by atoms with Crippen molar-refractivity contribution in [3.63, 3.8) is 0 Å². The molecular formula is C15H23NO4. The second-order valence-electron chi connectivity index (χ2n) is 4.61. The molecule has 0 aliphatic carbocycles. The van der Waals surface area contributed by atoms with Gasteiger partial charge in [0.2, 0.25) is 0 Å². The van der Waals surface area contributed by atoms with Crippen LogP contribution in [0, 0.1) is 19.3 Å². The number of hydrogen-bond donors (Lipinski definition) is 1. The highest BCUT2D eigenvalue weighted by atomic mass is 16.5. The van der Waals surface area contributed by atoms with Gasteiger partial charge < -0.3 is 19.0 Å². The number of aliphatic hydroxyl groups excluding tert-OH is 1. The third-order valence-corrected chi connectivity index (χ3v) is 2.75. The number of hydrogen-bond acceptors (Lipinski definition) is 5. The first-order valence-electron chi connectivity index (χ1n) is 6.61. The van der Waals surface area contributed by atoms with Gasteiger partial charge in [0.1, 0.15) is 18.1 Å². The van der Waals surface area contributed by atoms with Crippen LogP contribution >= 0.6 is 0 Å². The number of methoxy groups -OCH3 is 1. The highest BCUT2D eigenvalue weighted by Gasteiger charge is 2.14. The summed E-state index contributed by atoms with van der Waals surface area (Å²) >= 11 is 0. The van der Waals surface area contributed by atoms with Gasteiger partial charge in [0.15, 0.2) is 0 Å². The third kappa shape index (κ3) is 6.73. The fraction of sp³-hybridized carbons (Fsp3) is 0.600. The Balaban J connectivity index is 2.44. The topological polar surface area (TPSA) is 55.1 Å². The molecule has 20 heavy (non-hydrogen) atoms. The van der Waals surface area contributed by atoms with Crippen molar-refractivity contribution in [1.82, 2.24) is 4.90 Å². The van der Waals surface area contributed by atoms with E-state index in [1.54, 1.807) is 7.11 Å². The quantitative estimate of drug-likeness (QED) is 0.513. The van der Waals surface area contributed by atoms with Crippen LogP contribution < -0.4 is 0 Å². The van der Waals surface area contributed by atoms with Crippen molar-refractivity contribution in [3.05, 3.63) is 23.7 Å². The second-order valence-corrected chi connectivity index (χ2v) is 4.61. The van der Waals surface area contributed by atoms with Crippen LogP contribution in [0.25, 0.3) is 0 Å². The molecule has 0 aliphatic rings. The van der Waals surface area contributed by atoms with E-state index in [9.17, 15) is 5.11 Å². The van der Waals surface area contributed by atoms with E-state index in [0.717, 1.165) is 11.5 Å². The fourth-order valence-electron chi connectivity index (χ4n) is 1.85. The predicted octanol–water partition coefficient (Wildman–Crippen LogP) is 1.05. The maximum Gasteiger partial charge on any atom is 0.118 e. The van der Waals surface area contributed by atoms with Crippen LogP contribution in [0.5, 0.6) is 0 Å². The zero-order valence-corrected chi connectivity index (χ0v) is 12.2. The van der Waals surface area contributed by atoms with E-state index in [-0.39, 0.29) is 13.2 Å². The van der Waals surface area contributed by atoms with Gasteiger partial charge in [-0.2, -0.15) is 0 Å². The Morgan fingerprint density at radius 1 is 1.50 bits per heavy atom. The van der Waals surface area contributed by atoms with E-state index < -0.39 is 6.10 Å². The Bertz CT molecular complexity index is 410. The van der Waals surface area contributed by atoms with Gasteiger partial charge in [0.25, 0.3) is 0 Å². The molecule has 1 heterocycles. The zero-order valence-electron chi connectivity index (χ0n) is 12.2. The second kappa shape index (κ2) is 9.56. The van der Waals surface area contributed by atoms with Gasteiger partial charge in [0.05, 0.1) is 25.9 Å². The Morgan fingerprint density at radius 3 is 2.90 bits per heavy atom. The third-order valence-electron chi connectivity index (χ3n) is 2.75. The van der Waals surface area contributed by atoms with Gasteiger partial charge in [-0.1, -0.05) is 5.92 Å². The van der Waals surface area contributed by atoms with E-state index in [1.165, 1.54) is 0 Å². The van der Waals surface area contributed by atoms with Gasteiger partial charge in [-0.05, 0) is 19.1 Å². The fourth-order valence-corrected chi connectivity index (χ4v) is 1.85. The van der Waals surface area contributed by atoms with Crippen molar-refractivity contribution in [3.8, 4) is 12.3 Å². The lowest BCUT2D eigenvalue weighted by atomic mass is 10.3. The molecule has 0 radical (unpaired) electrons. The van der Waals surface area contributed by atoms with Gasteiger partial charge in [-0.15, -0.1) is 6.42 Å². The molecule has 0 fully saturated rings. The maximum absolute atomic E-state index is 9.92. The number of ether oxygens (including phenoxy) is 2. The minimum Gasteiger partial charge on any atom is -0.465 e. The van der Waals surface area contributed by atoms with E-state index in [1.807, 2.05) is 19.1 Å². The SMILES string of the molecule is C#CCOCC(O)CN(CCOC)Cc1ccc(C)o1. The molecule has 0 amide bonds. The van der Waals surface area contributed by atoms with Crippen molar-refractivity contribution in [2.45, 2.75) is 19.6 Å². The Hall–Kier alpha value is -1.32. The summed E-state index contributed by atoms with van der Waals surface area (Å²) in [6, 6.07) is 3.87. The smallest absolute Gasteiger partial charge is 0.118 e. The zero-order chi connectivity index (χ0) is 14.8. The minimum atomic E-state index is -0.587. The van der Waals surface area contributed by atoms with Crippen LogP contribution in [0.4, 0.5) is 0 Å². The molecule has 0 spiro atoms. The number of nitrogens with zero attached hydrogens (tertiary/aromatic N) is 1. The summed E-state index contributed by atoms with van der Waals surface area (Å²) in [6.07, 6.45) is 4.50. The lowest BCUT2D eigenvalue weighted by molar-refractivity contribution is 0.0193. The summed E-state index contributed by atoms with van der Waals surface area (Å²) in [5, 5.41) is 9.92. The molecule has 0 saturated heterocycles. The van der Waals surface area contributed by atoms with Crippen LogP contribution in [-0.4, -0.2) is 56.1 Å². The standard InChI is InChI=1S/C15H23NO4/c1-4-8-19-12-14(17)10-16(7-9-18-3)11-15-6-5-13(2)20-15/h1,5-6,14,17H,7-12H2,2-3H3. The van der Waals surface area contributed by atoms with Gasteiger partial charge >= 0.3 is 0 Å². The Labute approximate surface area is 120 Å². The van der Waals surface area contributed by atoms with Crippen LogP contribution in [0.2, 0.25) is 0 Å². The molecule has 0 aliphatic heterocycles. The normalized spacial score (nSPS) is 12.6. The van der Waals surface area contributed by atoms with Gasteiger partial charge in [-0.25, -0.2) is 0 Å². The first-order chi connectivity index (χ1) is 9.65. The van der Waals surface area contributed by atoms with Crippen molar-refractivity contribution in [2.75, 3.05) is 40.0 Å². The van der Waals surface area contributed by atoms with Crippen molar-refractivity contribution in [2.24, 2.45) is 0 Å². The lowest BCUT2D eigenvalue weighted by Gasteiger charge is -2.23. The molecule has 1 aromatic heterocycles. The largest absolute Gasteiger partial charge is 0.465 e. The number of terminal acetylenes is 1. The first kappa shape index (κ1) is 16.7. The van der Waals surface area contributed by atoms with E-state index in [0.29, 0.717) is 26.2 Å². The molecule has 5 nitrogen and oxygen atoms in total. The van der Waals surface area contributed by atoms with Crippen LogP contribution in [0.1, 0.15) is 11.5 Å². The number of aryl methyl sites for hydroxylation is 1. The molecule has 5 heteroatoms. The molecule has 0 saturated carbocycles. The van der Waals surface area contributed by atoms with Crippen LogP contribution in [-0.2, 0) is 16.0 Å². The molecular weight excluding hydrogens is 258 g/mol. The molecule has 1 unspecified atom stereocenters. The Morgan fingerprint density at radius 2 is 2.30 bits per heavy atom. The van der Waals surface area contributed by atoms with Gasteiger partial charge in [0, 0.05) is 20.2 Å². The predicted molar refractivity (Wildman–Crippen MR) is 76.3 cm³/mol. The van der Waals surface area contributed by atoms with Crippen LogP contribution in [0.3, 0.4) is 0 Å². The maximum atomic E-state index is 9.92.